The molecule has 1 atom stereocenters. The highest BCUT2D eigenvalue weighted by molar-refractivity contribution is 7.80. The van der Waals surface area contributed by atoms with Crippen molar-refractivity contribution >= 4 is 17.3 Å². The highest BCUT2D eigenvalue weighted by Gasteiger charge is 2.39. The Kier molecular flexibility index (Phi) is 13.2. The second-order valence-corrected chi connectivity index (χ2v) is 10.9. The van der Waals surface area contributed by atoms with Crippen molar-refractivity contribution in [2.45, 2.75) is 131 Å². The number of azo groups is 1. The summed E-state index contributed by atoms with van der Waals surface area (Å²) in [6.07, 6.45) is 13.1. The molecule has 0 aliphatic heterocycles. The van der Waals surface area contributed by atoms with Crippen molar-refractivity contribution in [1.29, 1.82) is 0 Å². The van der Waals surface area contributed by atoms with Gasteiger partial charge in [0.2, 0.25) is 0 Å². The maximum Gasteiger partial charge on any atom is 0.185 e. The summed E-state index contributed by atoms with van der Waals surface area (Å²) in [4.78, 5) is 0. The second-order valence-electron chi connectivity index (χ2n) is 10.5. The summed E-state index contributed by atoms with van der Waals surface area (Å²) in [6.45, 7) is 17.6. The minimum Gasteiger partial charge on any atom is -0.336 e. The van der Waals surface area contributed by atoms with Gasteiger partial charge in [-0.25, -0.2) is 5.84 Å². The lowest BCUT2D eigenvalue weighted by molar-refractivity contribution is 0.172. The van der Waals surface area contributed by atoms with Crippen LogP contribution in [-0.4, -0.2) is 27.9 Å². The molecule has 172 valence electrons. The minimum atomic E-state index is -0.618. The molecule has 0 radical (unpaired) electrons. The molecule has 0 aromatic heterocycles. The quantitative estimate of drug-likeness (QED) is 0.109. The fourth-order valence-electron chi connectivity index (χ4n) is 2.76. The van der Waals surface area contributed by atoms with E-state index in [0.29, 0.717) is 5.11 Å². The molecule has 6 heteroatoms. The third-order valence-electron chi connectivity index (χ3n) is 5.37. The van der Waals surface area contributed by atoms with Gasteiger partial charge in [-0.05, 0) is 46.3 Å². The van der Waals surface area contributed by atoms with Crippen LogP contribution < -0.4 is 11.2 Å². The molecule has 29 heavy (non-hydrogen) atoms. The van der Waals surface area contributed by atoms with Gasteiger partial charge in [0.15, 0.2) is 10.8 Å². The van der Waals surface area contributed by atoms with Gasteiger partial charge in [0.05, 0.1) is 5.54 Å². The zero-order valence-corrected chi connectivity index (χ0v) is 21.4. The van der Waals surface area contributed by atoms with Crippen LogP contribution in [0.25, 0.3) is 0 Å². The van der Waals surface area contributed by atoms with Crippen LogP contribution in [0.3, 0.4) is 0 Å². The first-order valence-electron chi connectivity index (χ1n) is 11.6. The molecule has 0 heterocycles. The van der Waals surface area contributed by atoms with E-state index < -0.39 is 5.66 Å². The molecule has 0 aliphatic carbocycles. The van der Waals surface area contributed by atoms with Crippen molar-refractivity contribution in [3.63, 3.8) is 0 Å². The first-order valence-corrected chi connectivity index (χ1v) is 12.0. The van der Waals surface area contributed by atoms with E-state index in [1.54, 1.807) is 5.01 Å². The molecule has 0 spiro atoms. The van der Waals surface area contributed by atoms with E-state index in [-0.39, 0.29) is 11.0 Å². The minimum absolute atomic E-state index is 0.163. The number of nitrogens with one attached hydrogen (secondary N) is 1. The van der Waals surface area contributed by atoms with Gasteiger partial charge < -0.3 is 5.32 Å². The Labute approximate surface area is 186 Å². The van der Waals surface area contributed by atoms with Crippen molar-refractivity contribution in [2.75, 3.05) is 6.54 Å². The Morgan fingerprint density at radius 1 is 0.793 bits per heavy atom. The van der Waals surface area contributed by atoms with Gasteiger partial charge in [-0.3, -0.25) is 5.01 Å². The van der Waals surface area contributed by atoms with E-state index in [1.165, 1.54) is 57.8 Å². The van der Waals surface area contributed by atoms with Gasteiger partial charge in [-0.2, -0.15) is 10.2 Å². The van der Waals surface area contributed by atoms with Crippen molar-refractivity contribution in [3.8, 4) is 0 Å². The number of hydrazine groups is 1. The number of hydrogen-bond donors (Lipinski definition) is 2. The van der Waals surface area contributed by atoms with Crippen molar-refractivity contribution in [2.24, 2.45) is 21.5 Å². The van der Waals surface area contributed by atoms with E-state index >= 15 is 0 Å². The predicted molar refractivity (Wildman–Crippen MR) is 131 cm³/mol. The van der Waals surface area contributed by atoms with Crippen LogP contribution in [0.5, 0.6) is 0 Å². The topological polar surface area (TPSA) is 66.0 Å². The molecule has 0 aromatic rings. The van der Waals surface area contributed by atoms with Crippen LogP contribution in [0.15, 0.2) is 10.2 Å². The fraction of sp³-hybridized carbons (Fsp3) is 0.957. The molecule has 0 saturated heterocycles. The smallest absolute Gasteiger partial charge is 0.185 e. The van der Waals surface area contributed by atoms with Crippen molar-refractivity contribution < 1.29 is 0 Å². The lowest BCUT2D eigenvalue weighted by atomic mass is 9.82. The van der Waals surface area contributed by atoms with Crippen LogP contribution >= 0.6 is 12.2 Å². The summed E-state index contributed by atoms with van der Waals surface area (Å²) in [6, 6.07) is 0. The molecule has 0 rings (SSSR count). The molecular formula is C23H49N5S. The van der Waals surface area contributed by atoms with Gasteiger partial charge in [-0.1, -0.05) is 85.5 Å². The lowest BCUT2D eigenvalue weighted by Crippen LogP contribution is -2.58. The predicted octanol–water partition coefficient (Wildman–Crippen LogP) is 6.97. The molecular weight excluding hydrogens is 378 g/mol. The summed E-state index contributed by atoms with van der Waals surface area (Å²) < 4.78 is 0. The molecule has 0 bridgehead atoms. The number of hydrogen-bond acceptors (Lipinski definition) is 4. The standard InChI is InChI=1S/C23H49N5S/c1-9-10-11-12-13-14-15-16-17-18-19-28(24)20(29)25-23(8,21(2,3)4)27-26-22(5,6)7/h9-19,24H2,1-8H3,(H,25,29). The molecule has 5 nitrogen and oxygen atoms in total. The molecule has 0 fully saturated rings. The SMILES string of the molecule is CCCCCCCCCCCCN(N)C(=S)NC(C)(N=NC(C)(C)C)C(C)(C)C. The summed E-state index contributed by atoms with van der Waals surface area (Å²) in [5.41, 5.74) is -1.01. The molecule has 3 N–H and O–H groups in total. The Hall–Kier alpha value is -0.750. The molecule has 0 amide bonds. The van der Waals surface area contributed by atoms with E-state index in [4.69, 9.17) is 18.1 Å². The van der Waals surface area contributed by atoms with Gasteiger partial charge >= 0.3 is 0 Å². The Balaban J connectivity index is 4.31. The zero-order chi connectivity index (χ0) is 22.6. The van der Waals surface area contributed by atoms with Crippen LogP contribution in [0.4, 0.5) is 0 Å². The fourth-order valence-corrected chi connectivity index (χ4v) is 3.05. The average molecular weight is 428 g/mol. The first-order chi connectivity index (χ1) is 13.3. The van der Waals surface area contributed by atoms with Crippen LogP contribution in [0, 0.1) is 5.41 Å². The number of rotatable bonds is 13. The maximum atomic E-state index is 6.22. The second kappa shape index (κ2) is 13.5. The van der Waals surface area contributed by atoms with Crippen LogP contribution in [-0.2, 0) is 0 Å². The van der Waals surface area contributed by atoms with Crippen molar-refractivity contribution in [1.82, 2.24) is 10.3 Å². The molecule has 0 saturated carbocycles. The Morgan fingerprint density at radius 2 is 1.24 bits per heavy atom. The van der Waals surface area contributed by atoms with Gasteiger partial charge in [0.1, 0.15) is 0 Å². The lowest BCUT2D eigenvalue weighted by Gasteiger charge is -2.40. The number of nitrogens with two attached hydrogens (primary N) is 1. The summed E-state index contributed by atoms with van der Waals surface area (Å²) in [5.74, 6) is 6.22. The molecule has 0 aliphatic rings. The number of thiocarbonyl (C=S) groups is 1. The number of unbranched alkanes of at least 4 members (excludes halogenated alkanes) is 9. The monoisotopic (exact) mass is 427 g/mol. The van der Waals surface area contributed by atoms with E-state index in [1.807, 2.05) is 27.7 Å². The Bertz CT molecular complexity index is 479. The highest BCUT2D eigenvalue weighted by Crippen LogP contribution is 2.32. The van der Waals surface area contributed by atoms with Crippen LogP contribution in [0.1, 0.15) is 120 Å². The van der Waals surface area contributed by atoms with Gasteiger partial charge in [0, 0.05) is 12.0 Å². The van der Waals surface area contributed by atoms with E-state index in [2.05, 4.69) is 43.2 Å². The Morgan fingerprint density at radius 3 is 1.66 bits per heavy atom. The van der Waals surface area contributed by atoms with Gasteiger partial charge in [-0.15, -0.1) is 0 Å². The maximum absolute atomic E-state index is 6.22. The summed E-state index contributed by atoms with van der Waals surface area (Å²) in [7, 11) is 0. The van der Waals surface area contributed by atoms with E-state index in [9.17, 15) is 0 Å². The normalized spacial score (nSPS) is 14.8. The zero-order valence-electron chi connectivity index (χ0n) is 20.6. The summed E-state index contributed by atoms with van der Waals surface area (Å²) in [5, 5.41) is 14.6. The van der Waals surface area contributed by atoms with E-state index in [0.717, 1.165) is 13.0 Å². The first kappa shape index (κ1) is 28.2. The third-order valence-corrected chi connectivity index (χ3v) is 5.71. The molecule has 0 aromatic carbocycles. The largest absolute Gasteiger partial charge is 0.336 e. The third kappa shape index (κ3) is 13.2. The summed E-state index contributed by atoms with van der Waals surface area (Å²) >= 11 is 5.56. The number of nitrogens with zero attached hydrogens (tertiary/aromatic N) is 3. The van der Waals surface area contributed by atoms with Crippen LogP contribution in [0.2, 0.25) is 0 Å². The highest BCUT2D eigenvalue weighted by atomic mass is 32.1. The van der Waals surface area contributed by atoms with Gasteiger partial charge in [0.25, 0.3) is 0 Å². The van der Waals surface area contributed by atoms with Crippen molar-refractivity contribution in [3.05, 3.63) is 0 Å². The average Bonchev–Trinajstić information content (AvgIpc) is 2.59. The molecule has 1 unspecified atom stereocenters.